The number of para-hydroxylation sites is 1. The maximum Gasteiger partial charge on any atom is 0.264 e. The lowest BCUT2D eigenvalue weighted by Gasteiger charge is -2.28. The number of aliphatic hydroxyl groups is 1. The molecule has 0 unspecified atom stereocenters. The monoisotopic (exact) mass is 385 g/mol. The van der Waals surface area contributed by atoms with Crippen molar-refractivity contribution in [3.05, 3.63) is 101 Å². The molecule has 0 saturated carbocycles. The van der Waals surface area contributed by atoms with Crippen LogP contribution in [0.3, 0.4) is 0 Å². The van der Waals surface area contributed by atoms with Crippen LogP contribution in [0.5, 0.6) is 0 Å². The molecule has 2 atom stereocenters. The molecule has 1 amide bonds. The molecule has 3 aromatic carbocycles. The number of ketones is 1. The minimum absolute atomic E-state index is 0.256. The molecule has 0 bridgehead atoms. The van der Waals surface area contributed by atoms with Gasteiger partial charge in [0.25, 0.3) is 5.91 Å². The third-order valence-corrected chi connectivity index (χ3v) is 5.72. The molecule has 4 rings (SSSR count). The first-order chi connectivity index (χ1) is 13.9. The van der Waals surface area contributed by atoms with Crippen LogP contribution in [-0.4, -0.2) is 16.8 Å². The topological polar surface area (TPSA) is 57.6 Å². The third kappa shape index (κ3) is 3.15. The first kappa shape index (κ1) is 19.1. The summed E-state index contributed by atoms with van der Waals surface area (Å²) in [5.74, 6) is -1.63. The fourth-order valence-corrected chi connectivity index (χ4v) is 3.96. The molecule has 0 aliphatic carbocycles. The Morgan fingerprint density at radius 2 is 1.59 bits per heavy atom. The van der Waals surface area contributed by atoms with Gasteiger partial charge in [-0.1, -0.05) is 85.3 Å². The zero-order valence-corrected chi connectivity index (χ0v) is 16.5. The number of amides is 1. The zero-order valence-electron chi connectivity index (χ0n) is 16.5. The zero-order chi connectivity index (χ0) is 20.6. The Kier molecular flexibility index (Phi) is 4.81. The minimum Gasteiger partial charge on any atom is -0.375 e. The molecule has 3 aromatic rings. The molecule has 29 heavy (non-hydrogen) atoms. The maximum absolute atomic E-state index is 13.5. The summed E-state index contributed by atoms with van der Waals surface area (Å²) in [6, 6.07) is 23.9. The highest BCUT2D eigenvalue weighted by Gasteiger charge is 2.55. The van der Waals surface area contributed by atoms with Crippen LogP contribution in [0.4, 0.5) is 5.69 Å². The van der Waals surface area contributed by atoms with E-state index in [1.807, 2.05) is 49.4 Å². The van der Waals surface area contributed by atoms with E-state index >= 15 is 0 Å². The molecule has 1 heterocycles. The second kappa shape index (κ2) is 7.30. The third-order valence-electron chi connectivity index (χ3n) is 5.72. The van der Waals surface area contributed by atoms with Crippen LogP contribution in [0.1, 0.15) is 34.0 Å². The summed E-state index contributed by atoms with van der Waals surface area (Å²) in [6.45, 7) is 3.97. The van der Waals surface area contributed by atoms with Gasteiger partial charge in [-0.15, -0.1) is 0 Å². The number of fused-ring (bicyclic) bond motifs is 1. The Hall–Kier alpha value is -3.24. The van der Waals surface area contributed by atoms with E-state index in [1.54, 1.807) is 48.2 Å². The largest absolute Gasteiger partial charge is 0.375 e. The van der Waals surface area contributed by atoms with Crippen molar-refractivity contribution < 1.29 is 14.7 Å². The molecular formula is C25H23NO3. The van der Waals surface area contributed by atoms with Crippen LogP contribution in [0.15, 0.2) is 78.9 Å². The molecule has 146 valence electrons. The number of rotatable bonds is 5. The lowest BCUT2D eigenvalue weighted by Crippen LogP contribution is -2.47. The van der Waals surface area contributed by atoms with E-state index in [4.69, 9.17) is 0 Å². The molecule has 4 heteroatoms. The minimum atomic E-state index is -1.89. The van der Waals surface area contributed by atoms with E-state index in [1.165, 1.54) is 0 Å². The average Bonchev–Trinajstić information content (AvgIpc) is 2.97. The van der Waals surface area contributed by atoms with Crippen molar-refractivity contribution >= 4 is 17.4 Å². The molecule has 4 nitrogen and oxygen atoms in total. The average molecular weight is 385 g/mol. The lowest BCUT2D eigenvalue weighted by molar-refractivity contribution is -0.139. The van der Waals surface area contributed by atoms with Crippen LogP contribution in [0, 0.1) is 12.8 Å². The molecule has 0 saturated heterocycles. The summed E-state index contributed by atoms with van der Waals surface area (Å²) < 4.78 is 0. The van der Waals surface area contributed by atoms with Gasteiger partial charge in [0.15, 0.2) is 11.4 Å². The van der Waals surface area contributed by atoms with Gasteiger partial charge in [0.1, 0.15) is 0 Å². The SMILES string of the molecule is Cc1ccc(CN2C(=O)[C@@](O)([C@H](C)C(=O)c3ccccc3)c3ccccc32)cc1. The van der Waals surface area contributed by atoms with Gasteiger partial charge in [0, 0.05) is 11.1 Å². The summed E-state index contributed by atoms with van der Waals surface area (Å²) in [5, 5.41) is 11.6. The molecule has 0 aromatic heterocycles. The van der Waals surface area contributed by atoms with Gasteiger partial charge in [0.2, 0.25) is 0 Å². The summed E-state index contributed by atoms with van der Waals surface area (Å²) in [4.78, 5) is 28.1. The maximum atomic E-state index is 13.5. The van der Waals surface area contributed by atoms with Gasteiger partial charge in [-0.25, -0.2) is 0 Å². The first-order valence-electron chi connectivity index (χ1n) is 9.71. The highest BCUT2D eigenvalue weighted by molar-refractivity contribution is 6.11. The lowest BCUT2D eigenvalue weighted by atomic mass is 9.79. The quantitative estimate of drug-likeness (QED) is 0.668. The van der Waals surface area contributed by atoms with E-state index in [2.05, 4.69) is 0 Å². The number of carbonyl (C=O) groups is 2. The Morgan fingerprint density at radius 1 is 0.966 bits per heavy atom. The van der Waals surface area contributed by atoms with Gasteiger partial charge < -0.3 is 10.0 Å². The Bertz CT molecular complexity index is 1060. The summed E-state index contributed by atoms with van der Waals surface area (Å²) >= 11 is 0. The van der Waals surface area contributed by atoms with Gasteiger partial charge in [-0.05, 0) is 18.6 Å². The Morgan fingerprint density at radius 3 is 2.28 bits per heavy atom. The van der Waals surface area contributed by atoms with Crippen LogP contribution in [-0.2, 0) is 16.9 Å². The number of carbonyl (C=O) groups excluding carboxylic acids is 2. The van der Waals surface area contributed by atoms with E-state index in [0.717, 1.165) is 11.1 Å². The molecule has 0 fully saturated rings. The van der Waals surface area contributed by atoms with E-state index in [0.29, 0.717) is 23.4 Å². The second-order valence-corrected chi connectivity index (χ2v) is 7.61. The molecule has 1 N–H and O–H groups in total. The van der Waals surface area contributed by atoms with Crippen molar-refractivity contribution in [1.82, 2.24) is 0 Å². The van der Waals surface area contributed by atoms with Gasteiger partial charge in [-0.2, -0.15) is 0 Å². The number of benzene rings is 3. The predicted octanol–water partition coefficient (Wildman–Crippen LogP) is 4.25. The number of hydrogen-bond acceptors (Lipinski definition) is 3. The highest BCUT2D eigenvalue weighted by Crippen LogP contribution is 2.46. The van der Waals surface area contributed by atoms with Crippen LogP contribution in [0.25, 0.3) is 0 Å². The number of Topliss-reactive ketones (excluding diaryl/α,β-unsaturated/α-hetero) is 1. The summed E-state index contributed by atoms with van der Waals surface area (Å²) in [6.07, 6.45) is 0. The molecule has 1 aliphatic rings. The van der Waals surface area contributed by atoms with Crippen LogP contribution in [0.2, 0.25) is 0 Å². The smallest absolute Gasteiger partial charge is 0.264 e. The van der Waals surface area contributed by atoms with Crippen molar-refractivity contribution in [3.8, 4) is 0 Å². The van der Waals surface area contributed by atoms with Crippen LogP contribution < -0.4 is 4.90 Å². The molecule has 1 aliphatic heterocycles. The number of nitrogens with zero attached hydrogens (tertiary/aromatic N) is 1. The molecule has 0 radical (unpaired) electrons. The van der Waals surface area contributed by atoms with Crippen molar-refractivity contribution in [2.75, 3.05) is 4.90 Å². The summed E-state index contributed by atoms with van der Waals surface area (Å²) in [5.41, 5.74) is 1.82. The Balaban J connectivity index is 1.73. The van der Waals surface area contributed by atoms with Crippen molar-refractivity contribution in [1.29, 1.82) is 0 Å². The van der Waals surface area contributed by atoms with Crippen molar-refractivity contribution in [2.24, 2.45) is 5.92 Å². The van der Waals surface area contributed by atoms with Gasteiger partial charge in [0.05, 0.1) is 18.2 Å². The van der Waals surface area contributed by atoms with Crippen molar-refractivity contribution in [2.45, 2.75) is 26.0 Å². The van der Waals surface area contributed by atoms with E-state index < -0.39 is 17.4 Å². The van der Waals surface area contributed by atoms with E-state index in [-0.39, 0.29) is 5.78 Å². The van der Waals surface area contributed by atoms with E-state index in [9.17, 15) is 14.7 Å². The first-order valence-corrected chi connectivity index (χ1v) is 9.71. The number of aryl methyl sites for hydroxylation is 1. The second-order valence-electron chi connectivity index (χ2n) is 7.61. The predicted molar refractivity (Wildman–Crippen MR) is 113 cm³/mol. The fourth-order valence-electron chi connectivity index (χ4n) is 3.96. The normalized spacial score (nSPS) is 19.1. The number of hydrogen-bond donors (Lipinski definition) is 1. The van der Waals surface area contributed by atoms with Crippen LogP contribution >= 0.6 is 0 Å². The van der Waals surface area contributed by atoms with Crippen molar-refractivity contribution in [3.63, 3.8) is 0 Å². The highest BCUT2D eigenvalue weighted by atomic mass is 16.3. The number of anilines is 1. The molecular weight excluding hydrogens is 362 g/mol. The van der Waals surface area contributed by atoms with Gasteiger partial charge in [-0.3, -0.25) is 9.59 Å². The Labute approximate surface area is 170 Å². The summed E-state index contributed by atoms with van der Waals surface area (Å²) in [7, 11) is 0. The molecule has 0 spiro atoms. The standard InChI is InChI=1S/C25H23NO3/c1-17-12-14-19(15-13-17)16-26-22-11-7-6-10-21(22)25(29,24(26)28)18(2)23(27)20-8-4-3-5-9-20/h3-15,18,29H,16H2,1-2H3/t18-,25-/m1/s1. The van der Waals surface area contributed by atoms with Gasteiger partial charge >= 0.3 is 0 Å². The fraction of sp³-hybridized carbons (Fsp3) is 0.200.